The predicted octanol–water partition coefficient (Wildman–Crippen LogP) is -0.530. The van der Waals surface area contributed by atoms with Crippen LogP contribution >= 0.6 is 0 Å². The van der Waals surface area contributed by atoms with E-state index < -0.39 is 16.7 Å². The normalized spacial score (nSPS) is 37.0. The second-order valence-electron chi connectivity index (χ2n) is 5.58. The Balaban J connectivity index is 2.64. The fourth-order valence-corrected chi connectivity index (χ4v) is 3.92. The van der Waals surface area contributed by atoms with Crippen molar-refractivity contribution in [3.05, 3.63) is 0 Å². The van der Waals surface area contributed by atoms with Crippen molar-refractivity contribution in [2.45, 2.75) is 33.6 Å². The van der Waals surface area contributed by atoms with Crippen molar-refractivity contribution in [3.8, 4) is 12.1 Å². The molecule has 0 unspecified atom stereocenters. The number of hydrogen-bond acceptors (Lipinski definition) is 5. The van der Waals surface area contributed by atoms with Crippen LogP contribution in [-0.2, 0) is 9.47 Å². The summed E-state index contributed by atoms with van der Waals surface area (Å²) < 4.78 is 11.5. The summed E-state index contributed by atoms with van der Waals surface area (Å²) in [5.74, 6) is -1.14. The molecule has 6 nitrogen and oxygen atoms in total. The number of rotatable bonds is 5. The molecule has 108 valence electrons. The molecule has 1 heterocycles. The van der Waals surface area contributed by atoms with Crippen LogP contribution in [0, 0.1) is 45.3 Å². The minimum atomic E-state index is -1.33. The van der Waals surface area contributed by atoms with Gasteiger partial charge in [-0.1, -0.05) is 13.8 Å². The first kappa shape index (κ1) is 14.8. The first-order valence-corrected chi connectivity index (χ1v) is 6.95. The molecular formula is C14H21N4O2+. The molecule has 1 aliphatic heterocycles. The first-order valence-electron chi connectivity index (χ1n) is 6.95. The molecule has 0 radical (unpaired) electrons. The number of amidine groups is 1. The zero-order valence-corrected chi connectivity index (χ0v) is 12.4. The molecule has 3 atom stereocenters. The van der Waals surface area contributed by atoms with Crippen molar-refractivity contribution >= 4 is 5.84 Å². The molecule has 0 bridgehead atoms. The van der Waals surface area contributed by atoms with Gasteiger partial charge in [-0.3, -0.25) is 5.73 Å². The van der Waals surface area contributed by atoms with E-state index >= 15 is 0 Å². The van der Waals surface area contributed by atoms with Gasteiger partial charge in [-0.2, -0.15) is 10.5 Å². The SMILES string of the molecule is CCOC1(OCC)[NH+]=C(N)[C@@]2(C#N)[C@@H](C(C)C)[C@@]12C#N. The number of nitrogens with two attached hydrogens (primary N) is 1. The van der Waals surface area contributed by atoms with E-state index in [4.69, 9.17) is 15.2 Å². The van der Waals surface area contributed by atoms with Crippen LogP contribution in [0.1, 0.15) is 27.7 Å². The van der Waals surface area contributed by atoms with E-state index in [1.54, 1.807) is 0 Å². The van der Waals surface area contributed by atoms with Crippen molar-refractivity contribution in [1.29, 1.82) is 10.5 Å². The van der Waals surface area contributed by atoms with Crippen LogP contribution in [0.5, 0.6) is 0 Å². The maximum atomic E-state index is 9.82. The van der Waals surface area contributed by atoms with Crippen molar-refractivity contribution < 1.29 is 14.5 Å². The Labute approximate surface area is 119 Å². The van der Waals surface area contributed by atoms with Gasteiger partial charge in [0, 0.05) is 5.92 Å². The van der Waals surface area contributed by atoms with Gasteiger partial charge in [0.25, 0.3) is 5.84 Å². The largest absolute Gasteiger partial charge is 0.342 e. The maximum absolute atomic E-state index is 9.82. The number of hydrogen-bond donors (Lipinski definition) is 2. The standard InChI is InChI=1S/C14H20N4O2/c1-5-19-14(20-6-2)13(8-16)10(9(3)4)12(13,7-15)11(17)18-14/h9-10H,5-6H2,1-4H3,(H2,17,18)/p+1/t10-,12-,13-/m1/s1. The summed E-state index contributed by atoms with van der Waals surface area (Å²) in [5.41, 5.74) is 3.92. The van der Waals surface area contributed by atoms with Crippen LogP contribution in [0.15, 0.2) is 0 Å². The summed E-state index contributed by atoms with van der Waals surface area (Å²) in [4.78, 5) is 2.94. The highest BCUT2D eigenvalue weighted by atomic mass is 16.7. The van der Waals surface area contributed by atoms with Crippen LogP contribution in [-0.4, -0.2) is 25.0 Å². The zero-order valence-electron chi connectivity index (χ0n) is 12.4. The summed E-state index contributed by atoms with van der Waals surface area (Å²) in [5, 5.41) is 19.5. The molecule has 0 saturated heterocycles. The van der Waals surface area contributed by atoms with Gasteiger partial charge in [-0.05, 0) is 19.8 Å². The molecule has 20 heavy (non-hydrogen) atoms. The Morgan fingerprint density at radius 1 is 1.25 bits per heavy atom. The highest BCUT2D eigenvalue weighted by Crippen LogP contribution is 2.76. The molecule has 0 spiro atoms. The van der Waals surface area contributed by atoms with Gasteiger partial charge in [0.15, 0.2) is 10.8 Å². The lowest BCUT2D eigenvalue weighted by Gasteiger charge is -2.29. The Hall–Kier alpha value is -1.63. The minimum Gasteiger partial charge on any atom is -0.314 e. The lowest BCUT2D eigenvalue weighted by Crippen LogP contribution is -2.91. The van der Waals surface area contributed by atoms with Gasteiger partial charge in [-0.15, -0.1) is 0 Å². The van der Waals surface area contributed by atoms with Gasteiger partial charge in [0.2, 0.25) is 0 Å². The van der Waals surface area contributed by atoms with E-state index in [1.807, 2.05) is 27.7 Å². The van der Waals surface area contributed by atoms with Gasteiger partial charge in [0.05, 0.1) is 25.4 Å². The number of nitriles is 2. The van der Waals surface area contributed by atoms with Crippen LogP contribution < -0.4 is 10.7 Å². The number of nitrogens with zero attached hydrogens (tertiary/aromatic N) is 2. The van der Waals surface area contributed by atoms with E-state index in [1.165, 1.54) is 0 Å². The third kappa shape index (κ3) is 1.26. The zero-order chi connectivity index (χ0) is 15.2. The second kappa shape index (κ2) is 4.44. The quantitative estimate of drug-likeness (QED) is 0.657. The average molecular weight is 277 g/mol. The molecule has 0 aromatic rings. The minimum absolute atomic E-state index is 0.121. The average Bonchev–Trinajstić information content (AvgIpc) is 2.98. The molecule has 1 aliphatic carbocycles. The third-order valence-electron chi connectivity index (χ3n) is 4.43. The molecule has 2 aliphatic rings. The van der Waals surface area contributed by atoms with Crippen LogP contribution in [0.4, 0.5) is 0 Å². The van der Waals surface area contributed by atoms with Crippen molar-refractivity contribution in [2.75, 3.05) is 13.2 Å². The predicted molar refractivity (Wildman–Crippen MR) is 70.6 cm³/mol. The molecule has 1 fully saturated rings. The fraction of sp³-hybridized carbons (Fsp3) is 0.786. The van der Waals surface area contributed by atoms with Crippen LogP contribution in [0.3, 0.4) is 0 Å². The van der Waals surface area contributed by atoms with E-state index in [0.717, 1.165) is 0 Å². The lowest BCUT2D eigenvalue weighted by molar-refractivity contribution is -0.694. The smallest absolute Gasteiger partial charge is 0.314 e. The third-order valence-corrected chi connectivity index (χ3v) is 4.43. The summed E-state index contributed by atoms with van der Waals surface area (Å²) >= 11 is 0. The maximum Gasteiger partial charge on any atom is 0.342 e. The molecular weight excluding hydrogens is 256 g/mol. The molecule has 0 aromatic carbocycles. The monoisotopic (exact) mass is 277 g/mol. The topological polar surface area (TPSA) is 106 Å². The van der Waals surface area contributed by atoms with Crippen LogP contribution in [0.2, 0.25) is 0 Å². The summed E-state index contributed by atoms with van der Waals surface area (Å²) in [6, 6.07) is 4.54. The van der Waals surface area contributed by atoms with E-state index in [9.17, 15) is 10.5 Å². The molecule has 3 N–H and O–H groups in total. The highest BCUT2D eigenvalue weighted by molar-refractivity contribution is 5.93. The Morgan fingerprint density at radius 2 is 1.80 bits per heavy atom. The Kier molecular flexibility index (Phi) is 3.28. The van der Waals surface area contributed by atoms with Gasteiger partial charge >= 0.3 is 5.91 Å². The first-order chi connectivity index (χ1) is 9.44. The van der Waals surface area contributed by atoms with Crippen LogP contribution in [0.25, 0.3) is 0 Å². The fourth-order valence-electron chi connectivity index (χ4n) is 3.92. The van der Waals surface area contributed by atoms with Crippen molar-refractivity contribution in [2.24, 2.45) is 28.4 Å². The highest BCUT2D eigenvalue weighted by Gasteiger charge is 2.97. The van der Waals surface area contributed by atoms with Crippen molar-refractivity contribution in [3.63, 3.8) is 0 Å². The van der Waals surface area contributed by atoms with Gasteiger partial charge in [-0.25, -0.2) is 4.99 Å². The second-order valence-corrected chi connectivity index (χ2v) is 5.58. The van der Waals surface area contributed by atoms with Gasteiger partial charge in [0.1, 0.15) is 0 Å². The summed E-state index contributed by atoms with van der Waals surface area (Å²) in [6.07, 6.45) is 0. The number of nitrogens with one attached hydrogen (secondary N) is 1. The summed E-state index contributed by atoms with van der Waals surface area (Å²) in [7, 11) is 0. The van der Waals surface area contributed by atoms with Crippen molar-refractivity contribution in [1.82, 2.24) is 0 Å². The number of fused-ring (bicyclic) bond motifs is 1. The molecule has 2 rings (SSSR count). The molecule has 0 aromatic heterocycles. The van der Waals surface area contributed by atoms with Gasteiger partial charge < -0.3 is 9.47 Å². The number of ether oxygens (including phenoxy) is 2. The summed E-state index contributed by atoms with van der Waals surface area (Å²) in [6.45, 7) is 8.33. The molecule has 1 saturated carbocycles. The van der Waals surface area contributed by atoms with E-state index in [0.29, 0.717) is 13.2 Å². The molecule has 0 amide bonds. The Bertz CT molecular complexity index is 524. The lowest BCUT2D eigenvalue weighted by atomic mass is 9.93. The van der Waals surface area contributed by atoms with E-state index in [2.05, 4.69) is 17.1 Å². The Morgan fingerprint density at radius 3 is 2.10 bits per heavy atom. The molecule has 6 heteroatoms. The van der Waals surface area contributed by atoms with E-state index in [-0.39, 0.29) is 17.7 Å².